The Morgan fingerprint density at radius 2 is 1.89 bits per heavy atom. The number of fused-ring (bicyclic) bond motifs is 1. The summed E-state index contributed by atoms with van der Waals surface area (Å²) in [6, 6.07) is 8.13. The van der Waals surface area contributed by atoms with Crippen LogP contribution in [0.3, 0.4) is 0 Å². The van der Waals surface area contributed by atoms with Crippen LogP contribution in [0.25, 0.3) is 10.9 Å². The highest BCUT2D eigenvalue weighted by Gasteiger charge is 2.11. The third-order valence-corrected chi connectivity index (χ3v) is 3.37. The molecule has 3 nitrogen and oxygen atoms in total. The Bertz CT molecular complexity index is 531. The lowest BCUT2D eigenvalue weighted by Gasteiger charge is -2.14. The van der Waals surface area contributed by atoms with Gasteiger partial charge in [-0.25, -0.2) is 0 Å². The van der Waals surface area contributed by atoms with Crippen molar-refractivity contribution in [3.63, 3.8) is 0 Å². The smallest absolute Gasteiger partial charge is 0.0722 e. The fourth-order valence-corrected chi connectivity index (χ4v) is 2.47. The molecule has 102 valence electrons. The second-order valence-corrected chi connectivity index (χ2v) is 4.78. The highest BCUT2D eigenvalue weighted by atomic mass is 15.1. The predicted molar refractivity (Wildman–Crippen MR) is 82.0 cm³/mol. The first-order valence-corrected chi connectivity index (χ1v) is 7.18. The van der Waals surface area contributed by atoms with Crippen molar-refractivity contribution >= 4 is 16.6 Å². The van der Waals surface area contributed by atoms with Crippen molar-refractivity contribution in [2.75, 3.05) is 18.8 Å². The molecule has 19 heavy (non-hydrogen) atoms. The van der Waals surface area contributed by atoms with Gasteiger partial charge in [-0.3, -0.25) is 9.88 Å². The van der Waals surface area contributed by atoms with Gasteiger partial charge in [-0.2, -0.15) is 0 Å². The summed E-state index contributed by atoms with van der Waals surface area (Å²) in [6.45, 7) is 7.47. The number of anilines is 1. The molecule has 2 heterocycles. The van der Waals surface area contributed by atoms with Gasteiger partial charge in [0.2, 0.25) is 0 Å². The lowest BCUT2D eigenvalue weighted by atomic mass is 10.1. The van der Waals surface area contributed by atoms with Gasteiger partial charge in [0, 0.05) is 23.8 Å². The molecule has 1 aliphatic rings. The normalized spacial score (nSPS) is 15.3. The standard InChI is InChI=1S/C14H17N3.C2H6/c15-13-4-3-12-7-11(9-16-14(12)8-13)10-17-5-1-2-6-17;1-2/h3-4,7-9H,1-2,5-6,10,15H2;1-2H3. The summed E-state index contributed by atoms with van der Waals surface area (Å²) in [5, 5.41) is 1.18. The van der Waals surface area contributed by atoms with E-state index >= 15 is 0 Å². The summed E-state index contributed by atoms with van der Waals surface area (Å²) in [7, 11) is 0. The van der Waals surface area contributed by atoms with Crippen molar-refractivity contribution in [3.8, 4) is 0 Å². The number of likely N-dealkylation sites (tertiary alicyclic amines) is 1. The molecule has 3 heteroatoms. The van der Waals surface area contributed by atoms with E-state index in [1.165, 1.54) is 36.9 Å². The summed E-state index contributed by atoms with van der Waals surface area (Å²) in [6.07, 6.45) is 4.63. The molecule has 0 saturated carbocycles. The average molecular weight is 257 g/mol. The monoisotopic (exact) mass is 257 g/mol. The quantitative estimate of drug-likeness (QED) is 0.838. The van der Waals surface area contributed by atoms with E-state index in [4.69, 9.17) is 5.73 Å². The second-order valence-electron chi connectivity index (χ2n) is 4.78. The SMILES string of the molecule is CC.Nc1ccc2cc(CN3CCCC3)cnc2c1. The number of hydrogen-bond donors (Lipinski definition) is 1. The van der Waals surface area contributed by atoms with Crippen LogP contribution in [0, 0.1) is 0 Å². The van der Waals surface area contributed by atoms with Crippen molar-refractivity contribution in [1.29, 1.82) is 0 Å². The Morgan fingerprint density at radius 3 is 2.63 bits per heavy atom. The zero-order valence-corrected chi connectivity index (χ0v) is 11.9. The van der Waals surface area contributed by atoms with Gasteiger partial charge in [0.25, 0.3) is 0 Å². The number of nitrogens with zero attached hydrogens (tertiary/aromatic N) is 2. The first kappa shape index (κ1) is 13.8. The fraction of sp³-hybridized carbons (Fsp3) is 0.438. The van der Waals surface area contributed by atoms with Crippen molar-refractivity contribution in [1.82, 2.24) is 9.88 Å². The molecule has 1 aromatic heterocycles. The molecule has 0 amide bonds. The van der Waals surface area contributed by atoms with Crippen molar-refractivity contribution < 1.29 is 0 Å². The molecule has 2 aromatic rings. The van der Waals surface area contributed by atoms with Crippen molar-refractivity contribution in [2.24, 2.45) is 0 Å². The molecule has 1 fully saturated rings. The molecule has 3 rings (SSSR count). The van der Waals surface area contributed by atoms with Gasteiger partial charge < -0.3 is 5.73 Å². The molecule has 1 aromatic carbocycles. The highest BCUT2D eigenvalue weighted by Crippen LogP contribution is 2.18. The number of hydrogen-bond acceptors (Lipinski definition) is 3. The number of nitrogens with two attached hydrogens (primary N) is 1. The Kier molecular flexibility index (Phi) is 4.74. The minimum absolute atomic E-state index is 0.775. The predicted octanol–water partition coefficient (Wildman–Crippen LogP) is 3.44. The maximum Gasteiger partial charge on any atom is 0.0722 e. The topological polar surface area (TPSA) is 42.1 Å². The summed E-state index contributed by atoms with van der Waals surface area (Å²) >= 11 is 0. The molecule has 0 atom stereocenters. The van der Waals surface area contributed by atoms with E-state index in [1.54, 1.807) is 0 Å². The Hall–Kier alpha value is -1.61. The molecule has 0 aliphatic carbocycles. The average Bonchev–Trinajstić information content (AvgIpc) is 2.94. The minimum Gasteiger partial charge on any atom is -0.399 e. The molecule has 1 aliphatic heterocycles. The van der Waals surface area contributed by atoms with E-state index in [0.29, 0.717) is 0 Å². The lowest BCUT2D eigenvalue weighted by molar-refractivity contribution is 0.331. The third-order valence-electron chi connectivity index (χ3n) is 3.37. The summed E-state index contributed by atoms with van der Waals surface area (Å²) in [5.41, 5.74) is 8.80. The van der Waals surface area contributed by atoms with Crippen molar-refractivity contribution in [3.05, 3.63) is 36.0 Å². The first-order valence-electron chi connectivity index (χ1n) is 7.18. The number of benzene rings is 1. The van der Waals surface area contributed by atoms with Crippen molar-refractivity contribution in [2.45, 2.75) is 33.2 Å². The number of pyridine rings is 1. The number of nitrogen functional groups attached to an aromatic ring is 1. The van der Waals surface area contributed by atoms with Crippen LogP contribution in [-0.4, -0.2) is 23.0 Å². The molecule has 0 radical (unpaired) electrons. The largest absolute Gasteiger partial charge is 0.399 e. The molecule has 0 unspecified atom stereocenters. The molecular formula is C16H23N3. The first-order chi connectivity index (χ1) is 9.31. The molecule has 2 N–H and O–H groups in total. The van der Waals surface area contributed by atoms with E-state index in [0.717, 1.165) is 17.7 Å². The zero-order chi connectivity index (χ0) is 13.7. The van der Waals surface area contributed by atoms with Crippen LogP contribution in [0.4, 0.5) is 5.69 Å². The molecule has 0 spiro atoms. The van der Waals surface area contributed by atoms with Gasteiger partial charge in [0.05, 0.1) is 5.52 Å². The van der Waals surface area contributed by atoms with E-state index in [1.807, 2.05) is 38.2 Å². The fourth-order valence-electron chi connectivity index (χ4n) is 2.47. The highest BCUT2D eigenvalue weighted by molar-refractivity contribution is 5.82. The third kappa shape index (κ3) is 3.44. The van der Waals surface area contributed by atoms with Gasteiger partial charge in [0.15, 0.2) is 0 Å². The van der Waals surface area contributed by atoms with E-state index < -0.39 is 0 Å². The second kappa shape index (κ2) is 6.53. The van der Waals surface area contributed by atoms with Crippen LogP contribution >= 0.6 is 0 Å². The summed E-state index contributed by atoms with van der Waals surface area (Å²) in [4.78, 5) is 6.96. The van der Waals surface area contributed by atoms with Gasteiger partial charge in [-0.05, 0) is 49.7 Å². The van der Waals surface area contributed by atoms with E-state index in [2.05, 4.69) is 16.0 Å². The maximum absolute atomic E-state index is 5.75. The van der Waals surface area contributed by atoms with Gasteiger partial charge >= 0.3 is 0 Å². The van der Waals surface area contributed by atoms with Crippen LogP contribution in [0.5, 0.6) is 0 Å². The van der Waals surface area contributed by atoms with Crippen LogP contribution in [-0.2, 0) is 6.54 Å². The Morgan fingerprint density at radius 1 is 1.16 bits per heavy atom. The van der Waals surface area contributed by atoms with Gasteiger partial charge in [-0.15, -0.1) is 0 Å². The lowest BCUT2D eigenvalue weighted by Crippen LogP contribution is -2.18. The molecule has 0 bridgehead atoms. The summed E-state index contributed by atoms with van der Waals surface area (Å²) < 4.78 is 0. The van der Waals surface area contributed by atoms with Gasteiger partial charge in [-0.1, -0.05) is 19.9 Å². The number of rotatable bonds is 2. The maximum atomic E-state index is 5.75. The van der Waals surface area contributed by atoms with E-state index in [-0.39, 0.29) is 0 Å². The van der Waals surface area contributed by atoms with Crippen LogP contribution in [0.1, 0.15) is 32.3 Å². The summed E-state index contributed by atoms with van der Waals surface area (Å²) in [5.74, 6) is 0. The van der Waals surface area contributed by atoms with Crippen LogP contribution in [0.15, 0.2) is 30.5 Å². The Balaban J connectivity index is 0.000000637. The molecular weight excluding hydrogens is 234 g/mol. The van der Waals surface area contributed by atoms with E-state index in [9.17, 15) is 0 Å². The molecule has 1 saturated heterocycles. The van der Waals surface area contributed by atoms with Crippen LogP contribution in [0.2, 0.25) is 0 Å². The zero-order valence-electron chi connectivity index (χ0n) is 11.9. The van der Waals surface area contributed by atoms with Crippen LogP contribution < -0.4 is 5.73 Å². The Labute approximate surface area is 115 Å². The van der Waals surface area contributed by atoms with Gasteiger partial charge in [0.1, 0.15) is 0 Å². The number of aromatic nitrogens is 1. The minimum atomic E-state index is 0.775.